The van der Waals surface area contributed by atoms with E-state index < -0.39 is 5.54 Å². The molecule has 8 heteroatoms. The van der Waals surface area contributed by atoms with Crippen LogP contribution in [0, 0.1) is 0 Å². The highest BCUT2D eigenvalue weighted by Crippen LogP contribution is 2.37. The minimum absolute atomic E-state index is 0. The number of amides is 1. The van der Waals surface area contributed by atoms with Crippen molar-refractivity contribution in [2.45, 2.75) is 37.8 Å². The van der Waals surface area contributed by atoms with Crippen molar-refractivity contribution in [3.8, 4) is 0 Å². The van der Waals surface area contributed by atoms with Gasteiger partial charge in [0.2, 0.25) is 5.89 Å². The first kappa shape index (κ1) is 15.9. The fourth-order valence-corrected chi connectivity index (χ4v) is 2.76. The quantitative estimate of drug-likeness (QED) is 0.898. The van der Waals surface area contributed by atoms with Crippen LogP contribution in [0.2, 0.25) is 0 Å². The fraction of sp³-hybridized carbons (Fsp3) is 0.462. The number of carbonyl (C=O) groups excluding carboxylic acids is 1. The SMILES string of the molecule is CC(NC(=O)c1cccs1)c1nc(C2(N)CCC2)no1.Cl. The van der Waals surface area contributed by atoms with Crippen molar-refractivity contribution < 1.29 is 9.32 Å². The van der Waals surface area contributed by atoms with Crippen LogP contribution in [0.1, 0.15) is 53.6 Å². The van der Waals surface area contributed by atoms with Gasteiger partial charge in [-0.15, -0.1) is 23.7 Å². The van der Waals surface area contributed by atoms with Crippen molar-refractivity contribution >= 4 is 29.7 Å². The van der Waals surface area contributed by atoms with E-state index in [2.05, 4.69) is 15.5 Å². The topological polar surface area (TPSA) is 94.0 Å². The lowest BCUT2D eigenvalue weighted by molar-refractivity contribution is 0.0936. The summed E-state index contributed by atoms with van der Waals surface area (Å²) in [5.74, 6) is 0.788. The third-order valence-electron chi connectivity index (χ3n) is 3.60. The Bertz CT molecular complexity index is 609. The molecule has 1 saturated carbocycles. The van der Waals surface area contributed by atoms with Gasteiger partial charge in [0, 0.05) is 0 Å². The van der Waals surface area contributed by atoms with E-state index in [1.165, 1.54) is 11.3 Å². The van der Waals surface area contributed by atoms with Gasteiger partial charge in [0.25, 0.3) is 5.91 Å². The summed E-state index contributed by atoms with van der Waals surface area (Å²) in [5, 5.41) is 8.64. The molecule has 1 aliphatic carbocycles. The average molecular weight is 329 g/mol. The zero-order valence-corrected chi connectivity index (χ0v) is 13.2. The lowest BCUT2D eigenvalue weighted by Gasteiger charge is -2.34. The number of rotatable bonds is 4. The second kappa shape index (κ2) is 6.13. The predicted octanol–water partition coefficient (Wildman–Crippen LogP) is 2.38. The molecule has 1 amide bonds. The summed E-state index contributed by atoms with van der Waals surface area (Å²) in [6.07, 6.45) is 2.84. The van der Waals surface area contributed by atoms with Gasteiger partial charge in [0.05, 0.1) is 10.4 Å². The molecule has 1 atom stereocenters. The van der Waals surface area contributed by atoms with Crippen LogP contribution in [0.4, 0.5) is 0 Å². The number of nitrogens with zero attached hydrogens (tertiary/aromatic N) is 2. The highest BCUT2D eigenvalue weighted by Gasteiger charge is 2.39. The molecule has 0 saturated heterocycles. The van der Waals surface area contributed by atoms with Gasteiger partial charge >= 0.3 is 0 Å². The van der Waals surface area contributed by atoms with Gasteiger partial charge < -0.3 is 15.6 Å². The third kappa shape index (κ3) is 3.09. The highest BCUT2D eigenvalue weighted by atomic mass is 35.5. The number of nitrogens with one attached hydrogen (secondary N) is 1. The molecule has 0 bridgehead atoms. The fourth-order valence-electron chi connectivity index (χ4n) is 2.13. The summed E-state index contributed by atoms with van der Waals surface area (Å²) < 4.78 is 5.21. The second-order valence-electron chi connectivity index (χ2n) is 5.14. The van der Waals surface area contributed by atoms with Crippen LogP contribution < -0.4 is 11.1 Å². The summed E-state index contributed by atoms with van der Waals surface area (Å²) in [5.41, 5.74) is 5.70. The van der Waals surface area contributed by atoms with E-state index in [0.717, 1.165) is 19.3 Å². The van der Waals surface area contributed by atoms with Crippen molar-refractivity contribution in [1.82, 2.24) is 15.5 Å². The summed E-state index contributed by atoms with van der Waals surface area (Å²) in [7, 11) is 0. The lowest BCUT2D eigenvalue weighted by atomic mass is 9.77. The average Bonchev–Trinajstić information content (AvgIpc) is 3.06. The zero-order valence-electron chi connectivity index (χ0n) is 11.5. The van der Waals surface area contributed by atoms with Gasteiger partial charge in [0.1, 0.15) is 6.04 Å². The van der Waals surface area contributed by atoms with Gasteiger partial charge in [-0.3, -0.25) is 4.79 Å². The first-order chi connectivity index (χ1) is 9.58. The largest absolute Gasteiger partial charge is 0.340 e. The Morgan fingerprint density at radius 2 is 2.33 bits per heavy atom. The number of hydrogen-bond donors (Lipinski definition) is 2. The monoisotopic (exact) mass is 328 g/mol. The Labute approximate surface area is 132 Å². The molecule has 1 aliphatic rings. The Morgan fingerprint density at radius 1 is 1.57 bits per heavy atom. The predicted molar refractivity (Wildman–Crippen MR) is 81.5 cm³/mol. The van der Waals surface area contributed by atoms with E-state index in [0.29, 0.717) is 16.6 Å². The van der Waals surface area contributed by atoms with Gasteiger partial charge in [-0.1, -0.05) is 11.2 Å². The molecule has 1 unspecified atom stereocenters. The van der Waals surface area contributed by atoms with Gasteiger partial charge in [-0.05, 0) is 37.6 Å². The minimum Gasteiger partial charge on any atom is -0.340 e. The van der Waals surface area contributed by atoms with Crippen LogP contribution in [0.25, 0.3) is 0 Å². The first-order valence-corrected chi connectivity index (χ1v) is 7.44. The molecule has 114 valence electrons. The molecule has 0 spiro atoms. The van der Waals surface area contributed by atoms with Crippen LogP contribution in [0.15, 0.2) is 22.0 Å². The van der Waals surface area contributed by atoms with Gasteiger partial charge in [-0.25, -0.2) is 0 Å². The second-order valence-corrected chi connectivity index (χ2v) is 6.09. The third-order valence-corrected chi connectivity index (χ3v) is 4.46. The number of aromatic nitrogens is 2. The number of carbonyl (C=O) groups is 1. The van der Waals surface area contributed by atoms with Crippen LogP contribution in [-0.4, -0.2) is 16.0 Å². The summed E-state index contributed by atoms with van der Waals surface area (Å²) in [6.45, 7) is 1.81. The maximum atomic E-state index is 11.9. The lowest BCUT2D eigenvalue weighted by Crippen LogP contribution is -2.44. The van der Waals surface area contributed by atoms with E-state index in [1.807, 2.05) is 18.4 Å². The number of hydrogen-bond acceptors (Lipinski definition) is 6. The van der Waals surface area contributed by atoms with Crippen molar-refractivity contribution in [3.63, 3.8) is 0 Å². The van der Waals surface area contributed by atoms with Crippen molar-refractivity contribution in [3.05, 3.63) is 34.1 Å². The molecule has 1 fully saturated rings. The Balaban J connectivity index is 0.00000161. The van der Waals surface area contributed by atoms with E-state index in [1.54, 1.807) is 6.07 Å². The van der Waals surface area contributed by atoms with Crippen LogP contribution in [-0.2, 0) is 5.54 Å². The van der Waals surface area contributed by atoms with E-state index >= 15 is 0 Å². The van der Waals surface area contributed by atoms with E-state index in [-0.39, 0.29) is 24.4 Å². The molecule has 0 aromatic carbocycles. The van der Waals surface area contributed by atoms with Gasteiger partial charge in [0.15, 0.2) is 5.82 Å². The molecular formula is C13H17ClN4O2S. The Hall–Kier alpha value is -1.44. The van der Waals surface area contributed by atoms with Crippen molar-refractivity contribution in [2.24, 2.45) is 5.73 Å². The normalized spacial score (nSPS) is 17.4. The maximum absolute atomic E-state index is 11.9. The maximum Gasteiger partial charge on any atom is 0.261 e. The minimum atomic E-state index is -0.445. The van der Waals surface area contributed by atoms with Crippen LogP contribution >= 0.6 is 23.7 Å². The molecule has 3 rings (SSSR count). The number of thiophene rings is 1. The molecule has 0 aliphatic heterocycles. The standard InChI is InChI=1S/C13H16N4O2S.ClH/c1-8(15-10(18)9-4-2-7-20-9)11-16-12(17-19-11)13(14)5-3-6-13;/h2,4,7-8H,3,5-6,14H2,1H3,(H,15,18);1H. The first-order valence-electron chi connectivity index (χ1n) is 6.56. The molecule has 2 heterocycles. The number of nitrogens with two attached hydrogens (primary N) is 1. The Morgan fingerprint density at radius 3 is 2.90 bits per heavy atom. The molecular weight excluding hydrogens is 312 g/mol. The molecule has 3 N–H and O–H groups in total. The zero-order chi connectivity index (χ0) is 14.2. The Kier molecular flexibility index (Phi) is 4.65. The van der Waals surface area contributed by atoms with E-state index in [4.69, 9.17) is 10.3 Å². The molecule has 6 nitrogen and oxygen atoms in total. The summed E-state index contributed by atoms with van der Waals surface area (Å²) in [4.78, 5) is 16.9. The smallest absolute Gasteiger partial charge is 0.261 e. The molecule has 21 heavy (non-hydrogen) atoms. The molecule has 2 aromatic heterocycles. The van der Waals surface area contributed by atoms with Crippen LogP contribution in [0.5, 0.6) is 0 Å². The number of halogens is 1. The molecule has 2 aromatic rings. The summed E-state index contributed by atoms with van der Waals surface area (Å²) >= 11 is 1.39. The molecule has 0 radical (unpaired) electrons. The highest BCUT2D eigenvalue weighted by molar-refractivity contribution is 7.12. The summed E-state index contributed by atoms with van der Waals surface area (Å²) in [6, 6.07) is 3.27. The van der Waals surface area contributed by atoms with Crippen molar-refractivity contribution in [1.29, 1.82) is 0 Å². The van der Waals surface area contributed by atoms with Crippen molar-refractivity contribution in [2.75, 3.05) is 0 Å². The van der Waals surface area contributed by atoms with Crippen LogP contribution in [0.3, 0.4) is 0 Å². The van der Waals surface area contributed by atoms with E-state index in [9.17, 15) is 4.79 Å². The van der Waals surface area contributed by atoms with Gasteiger partial charge in [-0.2, -0.15) is 4.98 Å².